The van der Waals surface area contributed by atoms with Crippen molar-refractivity contribution in [2.24, 2.45) is 0 Å². The van der Waals surface area contributed by atoms with Gasteiger partial charge in [-0.3, -0.25) is 4.21 Å². The fourth-order valence-electron chi connectivity index (χ4n) is 3.31. The molecule has 3 atom stereocenters. The number of rotatable bonds is 4. The third kappa shape index (κ3) is 4.42. The van der Waals surface area contributed by atoms with Gasteiger partial charge in [0.1, 0.15) is 0 Å². The zero-order chi connectivity index (χ0) is 15.2. The summed E-state index contributed by atoms with van der Waals surface area (Å²) in [6.07, 6.45) is 4.22. The highest BCUT2D eigenvalue weighted by Crippen LogP contribution is 2.23. The van der Waals surface area contributed by atoms with Crippen LogP contribution in [0, 0.1) is 0 Å². The zero-order valence-electron chi connectivity index (χ0n) is 13.3. The van der Waals surface area contributed by atoms with Crippen molar-refractivity contribution in [1.82, 2.24) is 15.1 Å². The van der Waals surface area contributed by atoms with Crippen LogP contribution >= 0.6 is 0 Å². The molecule has 6 heteroatoms. The van der Waals surface area contributed by atoms with Crippen molar-refractivity contribution < 1.29 is 9.00 Å². The van der Waals surface area contributed by atoms with E-state index in [0.717, 1.165) is 58.4 Å². The minimum absolute atomic E-state index is 0.0377. The van der Waals surface area contributed by atoms with Crippen LogP contribution in [0.5, 0.6) is 0 Å². The minimum atomic E-state index is -0.813. The van der Waals surface area contributed by atoms with E-state index in [1.165, 1.54) is 0 Å². The summed E-state index contributed by atoms with van der Waals surface area (Å²) >= 11 is 0. The van der Waals surface area contributed by atoms with Crippen LogP contribution < -0.4 is 5.32 Å². The van der Waals surface area contributed by atoms with Crippen molar-refractivity contribution in [1.29, 1.82) is 0 Å². The molecule has 0 aromatic carbocycles. The SMILES string of the molecule is CCN1CCN(C(=O)NC2CCCCC2S(=O)CC)CC1. The Morgan fingerprint density at radius 1 is 1.14 bits per heavy atom. The summed E-state index contributed by atoms with van der Waals surface area (Å²) in [5.41, 5.74) is 0. The van der Waals surface area contributed by atoms with E-state index in [0.29, 0.717) is 5.75 Å². The van der Waals surface area contributed by atoms with Crippen LogP contribution in [-0.2, 0) is 10.8 Å². The van der Waals surface area contributed by atoms with Gasteiger partial charge in [0.2, 0.25) is 0 Å². The maximum Gasteiger partial charge on any atom is 0.317 e. The lowest BCUT2D eigenvalue weighted by Crippen LogP contribution is -2.56. The van der Waals surface area contributed by atoms with Gasteiger partial charge in [-0.2, -0.15) is 0 Å². The number of amides is 2. The van der Waals surface area contributed by atoms with E-state index in [-0.39, 0.29) is 17.3 Å². The molecule has 2 fully saturated rings. The standard InChI is InChI=1S/C15H29N3O2S/c1-3-17-9-11-18(12-10-17)15(19)16-13-7-5-6-8-14(13)21(20)4-2/h13-14H,3-12H2,1-2H3,(H,16,19). The Hall–Kier alpha value is -0.620. The van der Waals surface area contributed by atoms with Crippen molar-refractivity contribution in [3.05, 3.63) is 0 Å². The van der Waals surface area contributed by atoms with E-state index >= 15 is 0 Å². The Labute approximate surface area is 130 Å². The number of nitrogens with zero attached hydrogens (tertiary/aromatic N) is 2. The molecule has 2 rings (SSSR count). The largest absolute Gasteiger partial charge is 0.334 e. The molecule has 2 amide bonds. The molecule has 0 radical (unpaired) electrons. The molecule has 1 saturated heterocycles. The Bertz CT molecular complexity index is 370. The van der Waals surface area contributed by atoms with E-state index in [1.807, 2.05) is 11.8 Å². The number of urea groups is 1. The van der Waals surface area contributed by atoms with Gasteiger partial charge in [-0.25, -0.2) is 4.79 Å². The normalized spacial score (nSPS) is 29.1. The van der Waals surface area contributed by atoms with E-state index in [9.17, 15) is 9.00 Å². The molecule has 1 aliphatic heterocycles. The fraction of sp³-hybridized carbons (Fsp3) is 0.933. The number of nitrogens with one attached hydrogen (secondary N) is 1. The minimum Gasteiger partial charge on any atom is -0.334 e. The van der Waals surface area contributed by atoms with Crippen LogP contribution in [0.3, 0.4) is 0 Å². The Morgan fingerprint density at radius 2 is 1.81 bits per heavy atom. The van der Waals surface area contributed by atoms with E-state index in [1.54, 1.807) is 0 Å². The predicted molar refractivity (Wildman–Crippen MR) is 86.9 cm³/mol. The van der Waals surface area contributed by atoms with Crippen LogP contribution in [0.2, 0.25) is 0 Å². The van der Waals surface area contributed by atoms with E-state index < -0.39 is 10.8 Å². The highest BCUT2D eigenvalue weighted by atomic mass is 32.2. The molecule has 21 heavy (non-hydrogen) atoms. The summed E-state index contributed by atoms with van der Waals surface area (Å²) in [6, 6.07) is 0.131. The van der Waals surface area contributed by atoms with Gasteiger partial charge in [-0.05, 0) is 19.4 Å². The Balaban J connectivity index is 1.87. The van der Waals surface area contributed by atoms with Gasteiger partial charge >= 0.3 is 6.03 Å². The first-order valence-corrected chi connectivity index (χ1v) is 9.68. The van der Waals surface area contributed by atoms with Gasteiger partial charge in [0.15, 0.2) is 0 Å². The zero-order valence-corrected chi connectivity index (χ0v) is 14.2. The average molecular weight is 315 g/mol. The second kappa shape index (κ2) is 8.13. The van der Waals surface area contributed by atoms with Crippen LogP contribution in [0.1, 0.15) is 39.5 Å². The molecule has 0 aromatic heterocycles. The van der Waals surface area contributed by atoms with Crippen molar-refractivity contribution in [3.8, 4) is 0 Å². The number of hydrogen-bond donors (Lipinski definition) is 1. The quantitative estimate of drug-likeness (QED) is 0.853. The molecule has 1 aliphatic carbocycles. The van der Waals surface area contributed by atoms with Gasteiger partial charge in [-0.1, -0.05) is 26.7 Å². The molecule has 2 aliphatic rings. The monoisotopic (exact) mass is 315 g/mol. The lowest BCUT2D eigenvalue weighted by atomic mass is 9.95. The third-order valence-electron chi connectivity index (χ3n) is 4.74. The second-order valence-corrected chi connectivity index (χ2v) is 7.91. The number of carbonyl (C=O) groups is 1. The molecular formula is C15H29N3O2S. The molecule has 0 aromatic rings. The smallest absolute Gasteiger partial charge is 0.317 e. The lowest BCUT2D eigenvalue weighted by molar-refractivity contribution is 0.139. The number of likely N-dealkylation sites (N-methyl/N-ethyl adjacent to an activating group) is 1. The Morgan fingerprint density at radius 3 is 2.43 bits per heavy atom. The Kier molecular flexibility index (Phi) is 6.48. The second-order valence-electron chi connectivity index (χ2n) is 5.97. The number of hydrogen-bond acceptors (Lipinski definition) is 3. The van der Waals surface area contributed by atoms with Crippen molar-refractivity contribution in [3.63, 3.8) is 0 Å². The first kappa shape index (κ1) is 16.7. The third-order valence-corrected chi connectivity index (χ3v) is 6.55. The molecule has 3 unspecified atom stereocenters. The summed E-state index contributed by atoms with van der Waals surface area (Å²) in [7, 11) is -0.813. The number of piperazine rings is 1. The topological polar surface area (TPSA) is 52.6 Å². The van der Waals surface area contributed by atoms with Crippen molar-refractivity contribution in [2.45, 2.75) is 50.8 Å². The molecule has 0 bridgehead atoms. The molecule has 0 spiro atoms. The van der Waals surface area contributed by atoms with Gasteiger partial charge in [-0.15, -0.1) is 0 Å². The van der Waals surface area contributed by atoms with Crippen molar-refractivity contribution in [2.75, 3.05) is 38.5 Å². The predicted octanol–water partition coefficient (Wildman–Crippen LogP) is 1.41. The van der Waals surface area contributed by atoms with Gasteiger partial charge in [0, 0.05) is 48.8 Å². The van der Waals surface area contributed by atoms with Crippen molar-refractivity contribution >= 4 is 16.8 Å². The average Bonchev–Trinajstić information content (AvgIpc) is 2.54. The first-order valence-electron chi connectivity index (χ1n) is 8.30. The van der Waals surface area contributed by atoms with E-state index in [4.69, 9.17) is 0 Å². The van der Waals surface area contributed by atoms with Crippen LogP contribution in [0.4, 0.5) is 4.79 Å². The van der Waals surface area contributed by atoms with Gasteiger partial charge < -0.3 is 15.1 Å². The summed E-state index contributed by atoms with van der Waals surface area (Å²) < 4.78 is 12.2. The van der Waals surface area contributed by atoms with Crippen LogP contribution in [0.15, 0.2) is 0 Å². The molecular weight excluding hydrogens is 286 g/mol. The maximum atomic E-state index is 12.4. The molecule has 5 nitrogen and oxygen atoms in total. The fourth-order valence-corrected chi connectivity index (χ4v) is 4.74. The molecule has 1 saturated carbocycles. The summed E-state index contributed by atoms with van der Waals surface area (Å²) in [6.45, 7) is 8.69. The summed E-state index contributed by atoms with van der Waals surface area (Å²) in [5, 5.41) is 3.31. The molecule has 122 valence electrons. The molecule has 1 N–H and O–H groups in total. The van der Waals surface area contributed by atoms with Crippen LogP contribution in [-0.4, -0.2) is 69.8 Å². The summed E-state index contributed by atoms with van der Waals surface area (Å²) in [5.74, 6) is 0.687. The maximum absolute atomic E-state index is 12.4. The van der Waals surface area contributed by atoms with E-state index in [2.05, 4.69) is 17.1 Å². The number of carbonyl (C=O) groups excluding carboxylic acids is 1. The lowest BCUT2D eigenvalue weighted by Gasteiger charge is -2.37. The highest BCUT2D eigenvalue weighted by Gasteiger charge is 2.31. The summed E-state index contributed by atoms with van der Waals surface area (Å²) in [4.78, 5) is 16.7. The van der Waals surface area contributed by atoms with Gasteiger partial charge in [0.25, 0.3) is 0 Å². The first-order chi connectivity index (χ1) is 10.2. The van der Waals surface area contributed by atoms with Gasteiger partial charge in [0.05, 0.1) is 5.25 Å². The molecule has 1 heterocycles. The highest BCUT2D eigenvalue weighted by molar-refractivity contribution is 7.85. The van der Waals surface area contributed by atoms with Crippen LogP contribution in [0.25, 0.3) is 0 Å².